The van der Waals surface area contributed by atoms with E-state index in [0.29, 0.717) is 13.0 Å². The molecule has 7 heteroatoms. The molecule has 1 aromatic carbocycles. The summed E-state index contributed by atoms with van der Waals surface area (Å²) in [5.41, 5.74) is -0.719. The zero-order valence-electron chi connectivity index (χ0n) is 12.0. The van der Waals surface area contributed by atoms with Crippen LogP contribution in [0.3, 0.4) is 0 Å². The Morgan fingerprint density at radius 1 is 1.18 bits per heavy atom. The van der Waals surface area contributed by atoms with Gasteiger partial charge in [-0.3, -0.25) is 4.90 Å². The fourth-order valence-corrected chi connectivity index (χ4v) is 2.45. The third-order valence-electron chi connectivity index (χ3n) is 3.71. The van der Waals surface area contributed by atoms with Gasteiger partial charge in [0.15, 0.2) is 17.4 Å². The highest BCUT2D eigenvalue weighted by Crippen LogP contribution is 2.32. The van der Waals surface area contributed by atoms with Gasteiger partial charge in [-0.1, -0.05) is 19.1 Å². The van der Waals surface area contributed by atoms with Crippen molar-refractivity contribution < 1.29 is 27.1 Å². The van der Waals surface area contributed by atoms with Crippen LogP contribution in [-0.2, 0) is 4.79 Å². The van der Waals surface area contributed by atoms with Crippen LogP contribution in [0.15, 0.2) is 6.58 Å². The summed E-state index contributed by atoms with van der Waals surface area (Å²) in [5, 5.41) is 0. The van der Waals surface area contributed by atoms with Crippen molar-refractivity contribution in [3.8, 4) is 5.75 Å². The van der Waals surface area contributed by atoms with Gasteiger partial charge in [0.2, 0.25) is 11.6 Å². The number of rotatable bonds is 3. The number of ether oxygens (including phenoxy) is 1. The van der Waals surface area contributed by atoms with Crippen molar-refractivity contribution in [3.05, 3.63) is 35.4 Å². The van der Waals surface area contributed by atoms with Gasteiger partial charge in [-0.25, -0.2) is 18.0 Å². The number of piperidine rings is 1. The van der Waals surface area contributed by atoms with E-state index in [0.717, 1.165) is 18.9 Å². The Morgan fingerprint density at radius 3 is 2.41 bits per heavy atom. The number of nitrogens with zero attached hydrogens (tertiary/aromatic N) is 1. The number of hydrogen-bond donors (Lipinski definition) is 0. The maximum Gasteiger partial charge on any atom is 0.328 e. The maximum absolute atomic E-state index is 13.8. The fourth-order valence-electron chi connectivity index (χ4n) is 2.45. The van der Waals surface area contributed by atoms with Gasteiger partial charge in [-0.05, 0) is 26.4 Å². The van der Waals surface area contributed by atoms with Crippen LogP contribution >= 0.6 is 0 Å². The van der Waals surface area contributed by atoms with Crippen molar-refractivity contribution in [2.24, 2.45) is 0 Å². The normalized spacial score (nSPS) is 19.0. The fraction of sp³-hybridized carbons (Fsp3) is 0.400. The van der Waals surface area contributed by atoms with E-state index in [1.54, 1.807) is 11.9 Å². The average molecular weight is 317 g/mol. The number of halogens is 4. The summed E-state index contributed by atoms with van der Waals surface area (Å²) in [6, 6.07) is -0.637. The average Bonchev–Trinajstić information content (AvgIpc) is 2.51. The van der Waals surface area contributed by atoms with E-state index in [1.807, 2.05) is 0 Å². The molecule has 1 atom stereocenters. The Hall–Kier alpha value is -1.89. The van der Waals surface area contributed by atoms with Gasteiger partial charge in [0.25, 0.3) is 0 Å². The molecule has 120 valence electrons. The summed E-state index contributed by atoms with van der Waals surface area (Å²) < 4.78 is 58.7. The van der Waals surface area contributed by atoms with Crippen molar-refractivity contribution in [1.29, 1.82) is 0 Å². The highest BCUT2D eigenvalue weighted by Gasteiger charge is 2.31. The Kier molecular flexibility index (Phi) is 4.85. The van der Waals surface area contributed by atoms with Gasteiger partial charge in [0.05, 0.1) is 5.56 Å². The Bertz CT molecular complexity index is 618. The van der Waals surface area contributed by atoms with Crippen LogP contribution in [0.2, 0.25) is 0 Å². The Labute approximate surface area is 125 Å². The van der Waals surface area contributed by atoms with Crippen molar-refractivity contribution in [2.75, 3.05) is 13.6 Å². The van der Waals surface area contributed by atoms with Crippen LogP contribution in [-0.4, -0.2) is 30.5 Å². The second kappa shape index (κ2) is 6.48. The first kappa shape index (κ1) is 16.5. The number of carbonyl (C=O) groups excluding carboxylic acids is 1. The molecule has 2 rings (SSSR count). The molecule has 3 nitrogen and oxygen atoms in total. The second-order valence-electron chi connectivity index (χ2n) is 5.12. The lowest BCUT2D eigenvalue weighted by Crippen LogP contribution is -2.44. The number of esters is 1. The van der Waals surface area contributed by atoms with E-state index < -0.39 is 46.6 Å². The molecule has 1 aliphatic heterocycles. The summed E-state index contributed by atoms with van der Waals surface area (Å²) in [6.45, 7) is 3.86. The van der Waals surface area contributed by atoms with Crippen LogP contribution < -0.4 is 4.74 Å². The zero-order valence-corrected chi connectivity index (χ0v) is 12.0. The molecular weight excluding hydrogens is 302 g/mol. The predicted octanol–water partition coefficient (Wildman–Crippen LogP) is 3.28. The summed E-state index contributed by atoms with van der Waals surface area (Å²) >= 11 is 0. The monoisotopic (exact) mass is 317 g/mol. The molecule has 0 radical (unpaired) electrons. The lowest BCUT2D eigenvalue weighted by Gasteiger charge is -2.30. The van der Waals surface area contributed by atoms with E-state index in [9.17, 15) is 22.4 Å². The van der Waals surface area contributed by atoms with E-state index in [1.165, 1.54) is 0 Å². The molecule has 1 heterocycles. The second-order valence-corrected chi connectivity index (χ2v) is 5.12. The lowest BCUT2D eigenvalue weighted by atomic mass is 10.0. The highest BCUT2D eigenvalue weighted by molar-refractivity contribution is 5.79. The summed E-state index contributed by atoms with van der Waals surface area (Å²) in [4.78, 5) is 13.8. The predicted molar refractivity (Wildman–Crippen MR) is 72.3 cm³/mol. The van der Waals surface area contributed by atoms with Gasteiger partial charge in [0.1, 0.15) is 6.04 Å². The first-order valence-corrected chi connectivity index (χ1v) is 6.78. The molecule has 1 aromatic rings. The highest BCUT2D eigenvalue weighted by atomic mass is 19.2. The quantitative estimate of drug-likeness (QED) is 0.282. The number of benzene rings is 1. The van der Waals surface area contributed by atoms with E-state index in [2.05, 4.69) is 6.58 Å². The molecule has 0 bridgehead atoms. The van der Waals surface area contributed by atoms with E-state index >= 15 is 0 Å². The number of likely N-dealkylation sites (tertiary alicyclic amines) is 1. The van der Waals surface area contributed by atoms with Gasteiger partial charge in [0, 0.05) is 0 Å². The first-order chi connectivity index (χ1) is 10.4. The molecule has 1 saturated heterocycles. The van der Waals surface area contributed by atoms with Gasteiger partial charge >= 0.3 is 5.97 Å². The smallest absolute Gasteiger partial charge is 0.328 e. The Balaban J connectivity index is 2.36. The molecule has 0 amide bonds. The lowest BCUT2D eigenvalue weighted by molar-refractivity contribution is -0.141. The van der Waals surface area contributed by atoms with Crippen LogP contribution in [0.4, 0.5) is 17.6 Å². The maximum atomic E-state index is 13.8. The van der Waals surface area contributed by atoms with Crippen LogP contribution in [0.5, 0.6) is 5.75 Å². The molecule has 1 fully saturated rings. The van der Waals surface area contributed by atoms with Crippen molar-refractivity contribution >= 4 is 12.0 Å². The molecule has 0 spiro atoms. The van der Waals surface area contributed by atoms with Gasteiger partial charge < -0.3 is 4.74 Å². The third-order valence-corrected chi connectivity index (χ3v) is 3.71. The van der Waals surface area contributed by atoms with Crippen molar-refractivity contribution in [2.45, 2.75) is 25.3 Å². The van der Waals surface area contributed by atoms with Gasteiger partial charge in [-0.15, -0.1) is 0 Å². The molecule has 1 unspecified atom stereocenters. The minimum Gasteiger partial charge on any atom is -0.421 e. The summed E-state index contributed by atoms with van der Waals surface area (Å²) in [7, 11) is 1.70. The summed E-state index contributed by atoms with van der Waals surface area (Å²) in [5.74, 6) is -9.20. The molecule has 22 heavy (non-hydrogen) atoms. The third kappa shape index (κ3) is 2.85. The molecule has 1 aliphatic rings. The molecule has 0 saturated carbocycles. The Morgan fingerprint density at radius 2 is 1.82 bits per heavy atom. The number of hydrogen-bond acceptors (Lipinski definition) is 3. The van der Waals surface area contributed by atoms with Crippen LogP contribution in [0.1, 0.15) is 24.8 Å². The van der Waals surface area contributed by atoms with E-state index in [-0.39, 0.29) is 0 Å². The molecular formula is C15H15F4NO2. The van der Waals surface area contributed by atoms with E-state index in [4.69, 9.17) is 4.74 Å². The molecule has 0 aliphatic carbocycles. The van der Waals surface area contributed by atoms with Crippen LogP contribution in [0.25, 0.3) is 6.08 Å². The summed E-state index contributed by atoms with van der Waals surface area (Å²) in [6.07, 6.45) is 2.96. The standard InChI is InChI=1S/C15H15F4NO2/c1-3-8-10(16)11(17)12(18)13(19)14(8)22-15(21)9-6-4-5-7-20(9)2/h3,9H,1,4-7H2,2H3. The van der Waals surface area contributed by atoms with Gasteiger partial charge in [-0.2, -0.15) is 4.39 Å². The SMILES string of the molecule is C=Cc1c(F)c(F)c(F)c(F)c1OC(=O)C1CCCCN1C. The first-order valence-electron chi connectivity index (χ1n) is 6.78. The molecule has 0 aromatic heterocycles. The largest absolute Gasteiger partial charge is 0.421 e. The number of likely N-dealkylation sites (N-methyl/N-ethyl adjacent to an activating group) is 1. The van der Waals surface area contributed by atoms with Crippen molar-refractivity contribution in [1.82, 2.24) is 4.90 Å². The van der Waals surface area contributed by atoms with Crippen LogP contribution in [0, 0.1) is 23.3 Å². The minimum atomic E-state index is -2.03. The molecule has 0 N–H and O–H groups in total. The topological polar surface area (TPSA) is 29.5 Å². The minimum absolute atomic E-state index is 0.493. The van der Waals surface area contributed by atoms with Crippen molar-refractivity contribution in [3.63, 3.8) is 0 Å². The zero-order chi connectivity index (χ0) is 16.4. The number of carbonyl (C=O) groups is 1.